The van der Waals surface area contributed by atoms with Gasteiger partial charge in [-0.2, -0.15) is 0 Å². The summed E-state index contributed by atoms with van der Waals surface area (Å²) >= 11 is 9.25. The molecule has 0 aliphatic rings. The normalized spacial score (nSPS) is 11.6. The van der Waals surface area contributed by atoms with Crippen molar-refractivity contribution in [2.75, 3.05) is 0 Å². The highest BCUT2D eigenvalue weighted by Gasteiger charge is 2.13. The van der Waals surface area contributed by atoms with Crippen molar-refractivity contribution in [1.29, 1.82) is 0 Å². The van der Waals surface area contributed by atoms with Crippen LogP contribution in [0, 0.1) is 0 Å². The van der Waals surface area contributed by atoms with Crippen LogP contribution >= 0.6 is 27.5 Å². The molecular weight excluding hydrogens is 312 g/mol. The van der Waals surface area contributed by atoms with E-state index >= 15 is 0 Å². The molecule has 0 saturated carbocycles. The summed E-state index contributed by atoms with van der Waals surface area (Å²) in [5, 5.41) is 0.430. The van der Waals surface area contributed by atoms with Gasteiger partial charge in [-0.3, -0.25) is 0 Å². The standard InChI is InChI=1S/C14H14BrClN2/c1-14(2,3)10-6-4-9(5-7-10)13-17-8-11(15)12(16)18-13/h4-8H,1-3H3. The topological polar surface area (TPSA) is 25.8 Å². The van der Waals surface area contributed by atoms with E-state index in [0.717, 1.165) is 5.56 Å². The highest BCUT2D eigenvalue weighted by atomic mass is 79.9. The fraction of sp³-hybridized carbons (Fsp3) is 0.286. The van der Waals surface area contributed by atoms with Gasteiger partial charge in [-0.15, -0.1) is 0 Å². The molecule has 0 saturated heterocycles. The first kappa shape index (κ1) is 13.5. The van der Waals surface area contributed by atoms with Crippen molar-refractivity contribution in [2.45, 2.75) is 26.2 Å². The Balaban J connectivity index is 2.37. The van der Waals surface area contributed by atoms with Crippen LogP contribution in [0.2, 0.25) is 5.15 Å². The van der Waals surface area contributed by atoms with E-state index in [2.05, 4.69) is 58.8 Å². The maximum absolute atomic E-state index is 5.97. The van der Waals surface area contributed by atoms with Crippen LogP contribution < -0.4 is 0 Å². The number of halogens is 2. The van der Waals surface area contributed by atoms with Gasteiger partial charge in [-0.05, 0) is 26.9 Å². The fourth-order valence-corrected chi connectivity index (χ4v) is 1.92. The van der Waals surface area contributed by atoms with Crippen molar-refractivity contribution < 1.29 is 0 Å². The Morgan fingerprint density at radius 2 is 1.72 bits per heavy atom. The third-order valence-electron chi connectivity index (χ3n) is 2.71. The Hall–Kier alpha value is -0.930. The van der Waals surface area contributed by atoms with Crippen LogP contribution in [-0.4, -0.2) is 9.97 Å². The molecule has 0 fully saturated rings. The van der Waals surface area contributed by atoms with E-state index in [9.17, 15) is 0 Å². The summed E-state index contributed by atoms with van der Waals surface area (Å²) in [7, 11) is 0. The van der Waals surface area contributed by atoms with Crippen molar-refractivity contribution >= 4 is 27.5 Å². The van der Waals surface area contributed by atoms with Gasteiger partial charge in [0, 0.05) is 11.8 Å². The molecule has 1 heterocycles. The van der Waals surface area contributed by atoms with Gasteiger partial charge in [-0.25, -0.2) is 9.97 Å². The summed E-state index contributed by atoms with van der Waals surface area (Å²) in [5.74, 6) is 0.642. The molecule has 2 rings (SSSR count). The minimum atomic E-state index is 0.150. The van der Waals surface area contributed by atoms with Crippen LogP contribution in [0.3, 0.4) is 0 Å². The second-order valence-electron chi connectivity index (χ2n) is 5.16. The molecule has 0 aliphatic heterocycles. The Morgan fingerprint density at radius 3 is 2.22 bits per heavy atom. The van der Waals surface area contributed by atoms with Gasteiger partial charge in [0.1, 0.15) is 5.15 Å². The zero-order chi connectivity index (χ0) is 13.3. The highest BCUT2D eigenvalue weighted by molar-refractivity contribution is 9.10. The molecular formula is C14H14BrClN2. The molecule has 0 radical (unpaired) electrons. The zero-order valence-corrected chi connectivity index (χ0v) is 12.9. The second kappa shape index (κ2) is 4.98. The van der Waals surface area contributed by atoms with E-state index < -0.39 is 0 Å². The van der Waals surface area contributed by atoms with Crippen LogP contribution in [0.5, 0.6) is 0 Å². The summed E-state index contributed by atoms with van der Waals surface area (Å²) in [6.07, 6.45) is 1.67. The van der Waals surface area contributed by atoms with Crippen molar-refractivity contribution in [1.82, 2.24) is 9.97 Å². The summed E-state index contributed by atoms with van der Waals surface area (Å²) in [5.41, 5.74) is 2.41. The predicted molar refractivity (Wildman–Crippen MR) is 78.9 cm³/mol. The third-order valence-corrected chi connectivity index (χ3v) is 3.81. The first-order valence-electron chi connectivity index (χ1n) is 5.67. The number of aromatic nitrogens is 2. The second-order valence-corrected chi connectivity index (χ2v) is 6.37. The van der Waals surface area contributed by atoms with Crippen molar-refractivity contribution in [2.24, 2.45) is 0 Å². The molecule has 0 amide bonds. The zero-order valence-electron chi connectivity index (χ0n) is 10.5. The van der Waals surface area contributed by atoms with E-state index in [1.807, 2.05) is 12.1 Å². The largest absolute Gasteiger partial charge is 0.235 e. The molecule has 18 heavy (non-hydrogen) atoms. The predicted octanol–water partition coefficient (Wildman–Crippen LogP) is 4.86. The van der Waals surface area contributed by atoms with Crippen LogP contribution in [-0.2, 0) is 5.41 Å². The summed E-state index contributed by atoms with van der Waals surface area (Å²) < 4.78 is 0.708. The van der Waals surface area contributed by atoms with Crippen LogP contribution in [0.25, 0.3) is 11.4 Å². The van der Waals surface area contributed by atoms with E-state index in [-0.39, 0.29) is 5.41 Å². The Labute approximate surface area is 121 Å². The number of hydrogen-bond acceptors (Lipinski definition) is 2. The smallest absolute Gasteiger partial charge is 0.160 e. The molecule has 2 nitrogen and oxygen atoms in total. The molecule has 1 aromatic heterocycles. The highest BCUT2D eigenvalue weighted by Crippen LogP contribution is 2.26. The molecule has 0 aliphatic carbocycles. The van der Waals surface area contributed by atoms with Gasteiger partial charge in [0.15, 0.2) is 5.82 Å². The first-order chi connectivity index (χ1) is 8.38. The number of rotatable bonds is 1. The van der Waals surface area contributed by atoms with Gasteiger partial charge in [0.25, 0.3) is 0 Å². The molecule has 2 aromatic rings. The van der Waals surface area contributed by atoms with Crippen molar-refractivity contribution in [3.63, 3.8) is 0 Å². The molecule has 4 heteroatoms. The number of benzene rings is 1. The van der Waals surface area contributed by atoms with E-state index in [1.54, 1.807) is 6.20 Å². The van der Waals surface area contributed by atoms with Gasteiger partial charge in [0.05, 0.1) is 4.47 Å². The molecule has 1 aromatic carbocycles. The Kier molecular flexibility index (Phi) is 3.74. The van der Waals surface area contributed by atoms with Gasteiger partial charge in [-0.1, -0.05) is 56.6 Å². The molecule has 0 atom stereocenters. The summed E-state index contributed by atoms with van der Waals surface area (Å²) in [6, 6.07) is 8.27. The Bertz CT molecular complexity index is 559. The minimum absolute atomic E-state index is 0.150. The quantitative estimate of drug-likeness (QED) is 0.700. The minimum Gasteiger partial charge on any atom is -0.235 e. The lowest BCUT2D eigenvalue weighted by Gasteiger charge is -2.18. The maximum atomic E-state index is 5.97. The SMILES string of the molecule is CC(C)(C)c1ccc(-c2ncc(Br)c(Cl)n2)cc1. The number of hydrogen-bond donors (Lipinski definition) is 0. The molecule has 0 bridgehead atoms. The number of nitrogens with zero attached hydrogens (tertiary/aromatic N) is 2. The van der Waals surface area contributed by atoms with Crippen LogP contribution in [0.4, 0.5) is 0 Å². The van der Waals surface area contributed by atoms with Crippen LogP contribution in [0.1, 0.15) is 26.3 Å². The maximum Gasteiger partial charge on any atom is 0.160 e. The van der Waals surface area contributed by atoms with E-state index in [1.165, 1.54) is 5.56 Å². The molecule has 0 spiro atoms. The van der Waals surface area contributed by atoms with Crippen molar-refractivity contribution in [3.8, 4) is 11.4 Å². The fourth-order valence-electron chi connectivity index (χ4n) is 1.60. The van der Waals surface area contributed by atoms with E-state index in [0.29, 0.717) is 15.5 Å². The third kappa shape index (κ3) is 2.90. The van der Waals surface area contributed by atoms with Crippen LogP contribution in [0.15, 0.2) is 34.9 Å². The Morgan fingerprint density at radius 1 is 1.11 bits per heavy atom. The lowest BCUT2D eigenvalue weighted by molar-refractivity contribution is 0.590. The average molecular weight is 326 g/mol. The van der Waals surface area contributed by atoms with Crippen molar-refractivity contribution in [3.05, 3.63) is 45.7 Å². The average Bonchev–Trinajstić information content (AvgIpc) is 2.32. The molecule has 0 unspecified atom stereocenters. The van der Waals surface area contributed by atoms with Gasteiger partial charge in [0.2, 0.25) is 0 Å². The summed E-state index contributed by atoms with van der Waals surface area (Å²) in [6.45, 7) is 6.57. The molecule has 94 valence electrons. The molecule has 0 N–H and O–H groups in total. The monoisotopic (exact) mass is 324 g/mol. The lowest BCUT2D eigenvalue weighted by Crippen LogP contribution is -2.10. The van der Waals surface area contributed by atoms with Gasteiger partial charge < -0.3 is 0 Å². The van der Waals surface area contributed by atoms with Gasteiger partial charge >= 0.3 is 0 Å². The summed E-state index contributed by atoms with van der Waals surface area (Å²) in [4.78, 5) is 8.50. The van der Waals surface area contributed by atoms with E-state index in [4.69, 9.17) is 11.6 Å². The first-order valence-corrected chi connectivity index (χ1v) is 6.84. The lowest BCUT2D eigenvalue weighted by atomic mass is 9.87.